The lowest BCUT2D eigenvalue weighted by Gasteiger charge is -2.04. The first-order valence-electron chi connectivity index (χ1n) is 6.28. The molecule has 0 bridgehead atoms. The molecule has 0 unspecified atom stereocenters. The molecular formula is C14H18N2O. The van der Waals surface area contributed by atoms with Crippen molar-refractivity contribution in [1.82, 2.24) is 5.32 Å². The predicted octanol–water partition coefficient (Wildman–Crippen LogP) is 1.70. The van der Waals surface area contributed by atoms with Crippen LogP contribution in [0, 0.1) is 17.8 Å². The summed E-state index contributed by atoms with van der Waals surface area (Å²) in [6, 6.07) is 10.4. The van der Waals surface area contributed by atoms with Crippen LogP contribution >= 0.6 is 0 Å². The summed E-state index contributed by atoms with van der Waals surface area (Å²) in [5.74, 6) is 2.23. The largest absolute Gasteiger partial charge is 0.376 e. The molecule has 3 heteroatoms. The Balaban J connectivity index is 1.43. The number of hydrogen-bond acceptors (Lipinski definition) is 3. The highest BCUT2D eigenvalue weighted by molar-refractivity contribution is 5.55. The van der Waals surface area contributed by atoms with Gasteiger partial charge in [-0.3, -0.25) is 4.99 Å². The molecule has 1 fully saturated rings. The number of aliphatic imine (C=N–C) groups is 1. The van der Waals surface area contributed by atoms with E-state index < -0.39 is 0 Å². The Morgan fingerprint density at radius 1 is 1.24 bits per heavy atom. The van der Waals surface area contributed by atoms with Gasteiger partial charge >= 0.3 is 0 Å². The second-order valence-corrected chi connectivity index (χ2v) is 4.89. The summed E-state index contributed by atoms with van der Waals surface area (Å²) < 4.78 is 5.80. The molecule has 0 radical (unpaired) electrons. The van der Waals surface area contributed by atoms with Crippen LogP contribution in [0.2, 0.25) is 0 Å². The van der Waals surface area contributed by atoms with Crippen LogP contribution in [-0.2, 0) is 11.3 Å². The van der Waals surface area contributed by atoms with E-state index in [1.165, 1.54) is 5.56 Å². The molecule has 1 aliphatic carbocycles. The van der Waals surface area contributed by atoms with Gasteiger partial charge in [0.25, 0.3) is 0 Å². The van der Waals surface area contributed by atoms with E-state index >= 15 is 0 Å². The van der Waals surface area contributed by atoms with Crippen LogP contribution in [-0.4, -0.2) is 26.0 Å². The molecule has 1 aromatic rings. The molecule has 17 heavy (non-hydrogen) atoms. The zero-order chi connectivity index (χ0) is 11.5. The van der Waals surface area contributed by atoms with Gasteiger partial charge in [0.15, 0.2) is 0 Å². The Hall–Kier alpha value is -1.35. The van der Waals surface area contributed by atoms with Gasteiger partial charge < -0.3 is 10.1 Å². The highest BCUT2D eigenvalue weighted by Crippen LogP contribution is 2.46. The van der Waals surface area contributed by atoms with Gasteiger partial charge in [0, 0.05) is 13.1 Å². The van der Waals surface area contributed by atoms with Gasteiger partial charge in [-0.2, -0.15) is 0 Å². The summed E-state index contributed by atoms with van der Waals surface area (Å²) >= 11 is 0. The van der Waals surface area contributed by atoms with Crippen molar-refractivity contribution in [2.45, 2.75) is 6.61 Å². The number of nitrogens with one attached hydrogen (secondary N) is 1. The molecule has 1 N–H and O–H groups in total. The van der Waals surface area contributed by atoms with Crippen LogP contribution < -0.4 is 5.32 Å². The second-order valence-electron chi connectivity index (χ2n) is 4.89. The van der Waals surface area contributed by atoms with Crippen molar-refractivity contribution in [2.24, 2.45) is 22.7 Å². The lowest BCUT2D eigenvalue weighted by atomic mass is 10.2. The minimum absolute atomic E-state index is 0.712. The smallest absolute Gasteiger partial charge is 0.0824 e. The van der Waals surface area contributed by atoms with Crippen LogP contribution in [0.25, 0.3) is 0 Å². The van der Waals surface area contributed by atoms with E-state index in [-0.39, 0.29) is 0 Å². The molecule has 2 aliphatic rings. The van der Waals surface area contributed by atoms with Gasteiger partial charge in [0.05, 0.1) is 19.6 Å². The zero-order valence-electron chi connectivity index (χ0n) is 9.88. The number of fused-ring (bicyclic) bond motifs is 1. The first-order valence-corrected chi connectivity index (χ1v) is 6.28. The summed E-state index contributed by atoms with van der Waals surface area (Å²) in [5.41, 5.74) is 1.25. The van der Waals surface area contributed by atoms with Gasteiger partial charge in [-0.1, -0.05) is 30.3 Å². The van der Waals surface area contributed by atoms with Crippen molar-refractivity contribution < 1.29 is 4.74 Å². The molecular weight excluding hydrogens is 212 g/mol. The molecule has 1 heterocycles. The molecule has 1 saturated carbocycles. The van der Waals surface area contributed by atoms with Crippen molar-refractivity contribution in [3.63, 3.8) is 0 Å². The summed E-state index contributed by atoms with van der Waals surface area (Å²) in [6.07, 6.45) is 1.84. The second kappa shape index (κ2) is 4.88. The normalized spacial score (nSPS) is 30.2. The quantitative estimate of drug-likeness (QED) is 0.854. The maximum Gasteiger partial charge on any atom is 0.0824 e. The Bertz CT molecular complexity index is 390. The minimum atomic E-state index is 0.712. The fourth-order valence-electron chi connectivity index (χ4n) is 2.66. The molecule has 1 aromatic carbocycles. The third-order valence-electron chi connectivity index (χ3n) is 3.78. The van der Waals surface area contributed by atoms with Gasteiger partial charge in [-0.15, -0.1) is 0 Å². The molecule has 90 valence electrons. The van der Waals surface area contributed by atoms with E-state index in [1.807, 2.05) is 12.4 Å². The molecule has 0 aromatic heterocycles. The molecule has 0 spiro atoms. The van der Waals surface area contributed by atoms with Crippen molar-refractivity contribution >= 4 is 6.34 Å². The minimum Gasteiger partial charge on any atom is -0.376 e. The van der Waals surface area contributed by atoms with Crippen molar-refractivity contribution in [3.05, 3.63) is 35.9 Å². The van der Waals surface area contributed by atoms with Crippen LogP contribution in [0.4, 0.5) is 0 Å². The van der Waals surface area contributed by atoms with Gasteiger partial charge in [0.2, 0.25) is 0 Å². The van der Waals surface area contributed by atoms with E-state index in [0.717, 1.165) is 38.1 Å². The zero-order valence-corrected chi connectivity index (χ0v) is 9.88. The van der Waals surface area contributed by atoms with Crippen molar-refractivity contribution in [2.75, 3.05) is 19.7 Å². The van der Waals surface area contributed by atoms with E-state index in [4.69, 9.17) is 4.74 Å². The average molecular weight is 230 g/mol. The number of nitrogens with zero attached hydrogens (tertiary/aromatic N) is 1. The fourth-order valence-corrected chi connectivity index (χ4v) is 2.66. The maximum absolute atomic E-state index is 5.80. The fraction of sp³-hybridized carbons (Fsp3) is 0.500. The first kappa shape index (κ1) is 10.8. The lowest BCUT2D eigenvalue weighted by Crippen LogP contribution is -2.15. The van der Waals surface area contributed by atoms with Crippen LogP contribution in [0.15, 0.2) is 35.3 Å². The topological polar surface area (TPSA) is 33.6 Å². The van der Waals surface area contributed by atoms with Gasteiger partial charge in [-0.05, 0) is 23.3 Å². The molecule has 1 aliphatic heterocycles. The molecule has 3 rings (SSSR count). The summed E-state index contributed by atoms with van der Waals surface area (Å²) in [5, 5.41) is 3.23. The monoisotopic (exact) mass is 230 g/mol. The van der Waals surface area contributed by atoms with Gasteiger partial charge in [0.1, 0.15) is 0 Å². The number of hydrogen-bond donors (Lipinski definition) is 1. The van der Waals surface area contributed by atoms with Crippen molar-refractivity contribution in [1.29, 1.82) is 0 Å². The van der Waals surface area contributed by atoms with Crippen LogP contribution in [0.1, 0.15) is 5.56 Å². The lowest BCUT2D eigenvalue weighted by molar-refractivity contribution is 0.105. The highest BCUT2D eigenvalue weighted by Gasteiger charge is 2.49. The summed E-state index contributed by atoms with van der Waals surface area (Å²) in [7, 11) is 0. The molecule has 3 nitrogen and oxygen atoms in total. The first-order chi connectivity index (χ1) is 8.45. The maximum atomic E-state index is 5.80. The van der Waals surface area contributed by atoms with Gasteiger partial charge in [-0.25, -0.2) is 0 Å². The summed E-state index contributed by atoms with van der Waals surface area (Å²) in [6.45, 7) is 3.64. The third-order valence-corrected chi connectivity index (χ3v) is 3.78. The molecule has 0 amide bonds. The van der Waals surface area contributed by atoms with Crippen LogP contribution in [0.5, 0.6) is 0 Å². The Kier molecular flexibility index (Phi) is 3.10. The Morgan fingerprint density at radius 2 is 2.12 bits per heavy atom. The number of benzene rings is 1. The third kappa shape index (κ3) is 2.50. The SMILES string of the molecule is C1=NC[C@@H]2[C@H](CN1)[C@@H]2COCc1ccccc1. The Labute approximate surface area is 102 Å². The standard InChI is InChI=1S/C14H18N2O/c1-2-4-11(5-3-1)8-17-9-14-12-6-15-10-16-7-13(12)14/h1-5,10,12-14H,6-9H2,(H,15,16)/t12-,13+,14-. The summed E-state index contributed by atoms with van der Waals surface area (Å²) in [4.78, 5) is 4.32. The van der Waals surface area contributed by atoms with Crippen LogP contribution in [0.3, 0.4) is 0 Å². The molecule has 0 saturated heterocycles. The van der Waals surface area contributed by atoms with E-state index in [2.05, 4.69) is 34.6 Å². The van der Waals surface area contributed by atoms with Crippen molar-refractivity contribution in [3.8, 4) is 0 Å². The molecule has 3 atom stereocenters. The number of ether oxygens (including phenoxy) is 1. The Morgan fingerprint density at radius 3 is 3.00 bits per heavy atom. The average Bonchev–Trinajstić information content (AvgIpc) is 3.07. The van der Waals surface area contributed by atoms with E-state index in [9.17, 15) is 0 Å². The van der Waals surface area contributed by atoms with E-state index in [1.54, 1.807) is 0 Å². The van der Waals surface area contributed by atoms with E-state index in [0.29, 0.717) is 5.92 Å². The predicted molar refractivity (Wildman–Crippen MR) is 67.9 cm³/mol. The number of rotatable bonds is 4. The highest BCUT2D eigenvalue weighted by atomic mass is 16.5.